The van der Waals surface area contributed by atoms with Crippen LogP contribution in [0, 0.1) is 0 Å². The fourth-order valence-corrected chi connectivity index (χ4v) is 3.31. The summed E-state index contributed by atoms with van der Waals surface area (Å²) in [7, 11) is -0.182. The fourth-order valence-electron chi connectivity index (χ4n) is 2.54. The zero-order chi connectivity index (χ0) is 20.0. The summed E-state index contributed by atoms with van der Waals surface area (Å²) in [6.45, 7) is 5.44. The van der Waals surface area contributed by atoms with Gasteiger partial charge in [0.05, 0.1) is 4.90 Å². The van der Waals surface area contributed by atoms with Crippen molar-refractivity contribution in [3.63, 3.8) is 0 Å². The second-order valence-electron chi connectivity index (χ2n) is 6.70. The molecule has 27 heavy (non-hydrogen) atoms. The van der Waals surface area contributed by atoms with Crippen LogP contribution in [0.5, 0.6) is 0 Å². The number of carbonyl (C=O) groups excluding carboxylic acids is 1. The molecule has 0 aromatic heterocycles. The van der Waals surface area contributed by atoms with Crippen molar-refractivity contribution in [1.29, 1.82) is 0 Å². The predicted octanol–water partition coefficient (Wildman–Crippen LogP) is 2.36. The van der Waals surface area contributed by atoms with Gasteiger partial charge in [-0.3, -0.25) is 9.69 Å². The molecule has 0 saturated heterocycles. The second-order valence-corrected chi connectivity index (χ2v) is 8.58. The number of hydrogen-bond acceptors (Lipinski definition) is 4. The molecule has 0 spiro atoms. The third-order valence-electron chi connectivity index (χ3n) is 4.53. The zero-order valence-electron chi connectivity index (χ0n) is 16.2. The van der Waals surface area contributed by atoms with E-state index in [1.807, 2.05) is 18.2 Å². The number of carbonyl (C=O) groups is 1. The maximum Gasteiger partial charge on any atom is 0.251 e. The number of nitrogens with one attached hydrogen (secondary N) is 2. The highest BCUT2D eigenvalue weighted by atomic mass is 32.2. The van der Waals surface area contributed by atoms with Crippen LogP contribution in [0.4, 0.5) is 0 Å². The number of amides is 1. The first-order chi connectivity index (χ1) is 12.7. The highest BCUT2D eigenvalue weighted by Gasteiger charge is 2.15. The standard InChI is InChI=1S/C20H27N3O3S/c1-15(2)23(4)14-18-9-6-5-8-17(18)13-22-20(24)16-10-7-11-19(12-16)27(25,26)21-3/h5-12,15,21H,13-14H2,1-4H3,(H,22,24). The molecule has 146 valence electrons. The Hall–Kier alpha value is -2.22. The minimum Gasteiger partial charge on any atom is -0.348 e. The number of sulfonamides is 1. The van der Waals surface area contributed by atoms with Crippen LogP contribution in [0.25, 0.3) is 0 Å². The molecule has 7 heteroatoms. The normalized spacial score (nSPS) is 11.8. The maximum absolute atomic E-state index is 12.5. The van der Waals surface area contributed by atoms with Crippen molar-refractivity contribution in [3.05, 3.63) is 65.2 Å². The van der Waals surface area contributed by atoms with Crippen molar-refractivity contribution < 1.29 is 13.2 Å². The fraction of sp³-hybridized carbons (Fsp3) is 0.350. The van der Waals surface area contributed by atoms with E-state index in [4.69, 9.17) is 0 Å². The average molecular weight is 390 g/mol. The van der Waals surface area contributed by atoms with E-state index in [2.05, 4.69) is 41.9 Å². The van der Waals surface area contributed by atoms with Crippen LogP contribution >= 0.6 is 0 Å². The number of nitrogens with zero attached hydrogens (tertiary/aromatic N) is 1. The number of hydrogen-bond donors (Lipinski definition) is 2. The molecule has 0 bridgehead atoms. The van der Waals surface area contributed by atoms with Gasteiger partial charge in [-0.1, -0.05) is 30.3 Å². The molecule has 0 heterocycles. The van der Waals surface area contributed by atoms with Crippen molar-refractivity contribution in [3.8, 4) is 0 Å². The summed E-state index contributed by atoms with van der Waals surface area (Å²) < 4.78 is 26.1. The highest BCUT2D eigenvalue weighted by molar-refractivity contribution is 7.89. The smallest absolute Gasteiger partial charge is 0.251 e. The van der Waals surface area contributed by atoms with Gasteiger partial charge in [-0.15, -0.1) is 0 Å². The van der Waals surface area contributed by atoms with Gasteiger partial charge in [0.2, 0.25) is 10.0 Å². The molecule has 6 nitrogen and oxygen atoms in total. The number of rotatable bonds is 8. The van der Waals surface area contributed by atoms with Crippen molar-refractivity contribution in [1.82, 2.24) is 14.9 Å². The van der Waals surface area contributed by atoms with Crippen LogP contribution in [0.2, 0.25) is 0 Å². The summed E-state index contributed by atoms with van der Waals surface area (Å²) in [4.78, 5) is 14.8. The van der Waals surface area contributed by atoms with Gasteiger partial charge in [0.25, 0.3) is 5.91 Å². The third-order valence-corrected chi connectivity index (χ3v) is 5.95. The molecule has 2 aromatic rings. The van der Waals surface area contributed by atoms with Crippen molar-refractivity contribution in [2.24, 2.45) is 0 Å². The average Bonchev–Trinajstić information content (AvgIpc) is 2.67. The molecular formula is C20H27N3O3S. The van der Waals surface area contributed by atoms with Gasteiger partial charge in [0.15, 0.2) is 0 Å². The highest BCUT2D eigenvalue weighted by Crippen LogP contribution is 2.14. The van der Waals surface area contributed by atoms with Gasteiger partial charge in [-0.25, -0.2) is 13.1 Å². The van der Waals surface area contributed by atoms with E-state index in [9.17, 15) is 13.2 Å². The van der Waals surface area contributed by atoms with E-state index in [1.54, 1.807) is 12.1 Å². The van der Waals surface area contributed by atoms with Gasteiger partial charge >= 0.3 is 0 Å². The first-order valence-electron chi connectivity index (χ1n) is 8.83. The lowest BCUT2D eigenvalue weighted by atomic mass is 10.1. The summed E-state index contributed by atoms with van der Waals surface area (Å²) in [5, 5.41) is 2.88. The second kappa shape index (κ2) is 9.12. The Morgan fingerprint density at radius 3 is 2.37 bits per heavy atom. The summed E-state index contributed by atoms with van der Waals surface area (Å²) in [6, 6.07) is 14.4. The summed E-state index contributed by atoms with van der Waals surface area (Å²) >= 11 is 0. The molecule has 2 N–H and O–H groups in total. The Morgan fingerprint density at radius 2 is 1.74 bits per heavy atom. The molecule has 0 unspecified atom stereocenters. The Bertz CT molecular complexity index is 895. The molecular weight excluding hydrogens is 362 g/mol. The Labute approximate surface area is 161 Å². The van der Waals surface area contributed by atoms with E-state index >= 15 is 0 Å². The lowest BCUT2D eigenvalue weighted by Crippen LogP contribution is -2.28. The topological polar surface area (TPSA) is 78.5 Å². The SMILES string of the molecule is CNS(=O)(=O)c1cccc(C(=O)NCc2ccccc2CN(C)C(C)C)c1. The molecule has 0 aliphatic heterocycles. The number of benzene rings is 2. The first-order valence-corrected chi connectivity index (χ1v) is 10.3. The summed E-state index contributed by atoms with van der Waals surface area (Å²) in [6.07, 6.45) is 0. The molecule has 0 saturated carbocycles. The van der Waals surface area contributed by atoms with Crippen LogP contribution < -0.4 is 10.0 Å². The van der Waals surface area contributed by atoms with Crippen molar-refractivity contribution in [2.45, 2.75) is 37.9 Å². The van der Waals surface area contributed by atoms with Crippen LogP contribution in [0.15, 0.2) is 53.4 Å². The van der Waals surface area contributed by atoms with E-state index in [0.29, 0.717) is 18.2 Å². The van der Waals surface area contributed by atoms with Gasteiger partial charge in [-0.05, 0) is 57.3 Å². The van der Waals surface area contributed by atoms with Crippen LogP contribution in [-0.2, 0) is 23.1 Å². The predicted molar refractivity (Wildman–Crippen MR) is 107 cm³/mol. The van der Waals surface area contributed by atoms with Crippen molar-refractivity contribution in [2.75, 3.05) is 14.1 Å². The van der Waals surface area contributed by atoms with Gasteiger partial charge < -0.3 is 5.32 Å². The molecule has 2 aromatic carbocycles. The minimum absolute atomic E-state index is 0.0663. The Balaban J connectivity index is 2.12. The van der Waals surface area contributed by atoms with Gasteiger partial charge in [0.1, 0.15) is 0 Å². The van der Waals surface area contributed by atoms with Gasteiger partial charge in [-0.2, -0.15) is 0 Å². The van der Waals surface area contributed by atoms with Crippen LogP contribution in [-0.4, -0.2) is 39.4 Å². The summed E-state index contributed by atoms with van der Waals surface area (Å²) in [5.41, 5.74) is 2.50. The van der Waals surface area contributed by atoms with E-state index in [1.165, 1.54) is 19.2 Å². The lowest BCUT2D eigenvalue weighted by molar-refractivity contribution is 0.0950. The van der Waals surface area contributed by atoms with E-state index in [0.717, 1.165) is 17.7 Å². The molecule has 1 amide bonds. The lowest BCUT2D eigenvalue weighted by Gasteiger charge is -2.22. The molecule has 0 atom stereocenters. The quantitative estimate of drug-likeness (QED) is 0.727. The monoisotopic (exact) mass is 389 g/mol. The van der Waals surface area contributed by atoms with E-state index in [-0.39, 0.29) is 10.8 Å². The molecule has 0 aliphatic carbocycles. The largest absolute Gasteiger partial charge is 0.348 e. The first kappa shape index (κ1) is 21.1. The van der Waals surface area contributed by atoms with Crippen LogP contribution in [0.3, 0.4) is 0 Å². The summed E-state index contributed by atoms with van der Waals surface area (Å²) in [5.74, 6) is -0.310. The zero-order valence-corrected chi connectivity index (χ0v) is 17.0. The minimum atomic E-state index is -3.59. The Kier molecular flexibility index (Phi) is 7.12. The molecule has 0 aliphatic rings. The van der Waals surface area contributed by atoms with Gasteiger partial charge in [0, 0.05) is 24.7 Å². The van der Waals surface area contributed by atoms with Crippen molar-refractivity contribution >= 4 is 15.9 Å². The molecule has 0 radical (unpaired) electrons. The maximum atomic E-state index is 12.5. The Morgan fingerprint density at radius 1 is 1.07 bits per heavy atom. The van der Waals surface area contributed by atoms with E-state index < -0.39 is 10.0 Å². The third kappa shape index (κ3) is 5.63. The van der Waals surface area contributed by atoms with Crippen LogP contribution in [0.1, 0.15) is 35.3 Å². The molecule has 2 rings (SSSR count). The molecule has 0 fully saturated rings.